The van der Waals surface area contributed by atoms with Crippen LogP contribution in [-0.4, -0.2) is 22.9 Å². The van der Waals surface area contributed by atoms with Crippen LogP contribution in [0.2, 0.25) is 0 Å². The molecule has 0 heterocycles. The van der Waals surface area contributed by atoms with Gasteiger partial charge in [-0.15, -0.1) is 0 Å². The van der Waals surface area contributed by atoms with Gasteiger partial charge >= 0.3 is 7.82 Å². The van der Waals surface area contributed by atoms with Crippen LogP contribution in [0.4, 0.5) is 0 Å². The highest BCUT2D eigenvalue weighted by atomic mass is 79.9. The summed E-state index contributed by atoms with van der Waals surface area (Å²) >= 11 is 3.07. The van der Waals surface area contributed by atoms with E-state index in [0.29, 0.717) is 11.8 Å². The molecule has 0 saturated carbocycles. The van der Waals surface area contributed by atoms with Gasteiger partial charge in [-0.05, 0) is 13.3 Å². The van der Waals surface area contributed by atoms with Gasteiger partial charge in [-0.3, -0.25) is 9.05 Å². The number of hydrogen-bond acceptors (Lipinski definition) is 3. The van der Waals surface area contributed by atoms with Crippen molar-refractivity contribution in [3.05, 3.63) is 0 Å². The van der Waals surface area contributed by atoms with Crippen LogP contribution in [0.1, 0.15) is 20.3 Å². The van der Waals surface area contributed by atoms with Crippen LogP contribution >= 0.6 is 23.8 Å². The van der Waals surface area contributed by atoms with Gasteiger partial charge in [-0.1, -0.05) is 22.9 Å². The molecule has 0 saturated heterocycles. The van der Waals surface area contributed by atoms with Crippen molar-refractivity contribution in [1.29, 1.82) is 0 Å². The number of phosphoric acid groups is 1. The Balaban J connectivity index is 3.78. The molecule has 0 fully saturated rings. The van der Waals surface area contributed by atoms with Gasteiger partial charge in [-0.2, -0.15) is 0 Å². The van der Waals surface area contributed by atoms with Crippen molar-refractivity contribution in [2.24, 2.45) is 0 Å². The fraction of sp³-hybridized carbons (Fsp3) is 1.00. The quantitative estimate of drug-likeness (QED) is 0.588. The summed E-state index contributed by atoms with van der Waals surface area (Å²) in [5, 5.41) is 0.515. The Kier molecular flexibility index (Phi) is 6.41. The molecule has 0 aromatic rings. The third kappa shape index (κ3) is 6.14. The zero-order valence-corrected chi connectivity index (χ0v) is 9.68. The Morgan fingerprint density at radius 1 is 1.67 bits per heavy atom. The molecule has 0 aliphatic heterocycles. The maximum Gasteiger partial charge on any atom is 0.472 e. The monoisotopic (exact) mass is 260 g/mol. The molecule has 0 radical (unpaired) electrons. The molecule has 0 amide bonds. The van der Waals surface area contributed by atoms with Crippen LogP contribution in [0.15, 0.2) is 0 Å². The zero-order chi connectivity index (χ0) is 9.61. The van der Waals surface area contributed by atoms with E-state index in [1.807, 2.05) is 6.92 Å². The Hall–Kier alpha value is 0.590. The summed E-state index contributed by atoms with van der Waals surface area (Å²) in [5.74, 6) is 0. The fourth-order valence-electron chi connectivity index (χ4n) is 0.482. The minimum atomic E-state index is -3.81. The molecule has 1 N–H and O–H groups in total. The van der Waals surface area contributed by atoms with Crippen LogP contribution in [0.3, 0.4) is 0 Å². The van der Waals surface area contributed by atoms with E-state index < -0.39 is 7.82 Å². The molecule has 0 aliphatic rings. The standard InChI is InChI=1S/C6H14BrO4P/c1-3-6(2)11-12(8,9)10-5-4-7/h6H,3-5H2,1-2H3,(H,8,9). The van der Waals surface area contributed by atoms with Crippen LogP contribution in [-0.2, 0) is 13.6 Å². The van der Waals surface area contributed by atoms with E-state index >= 15 is 0 Å². The van der Waals surface area contributed by atoms with E-state index in [-0.39, 0.29) is 12.7 Å². The van der Waals surface area contributed by atoms with Gasteiger partial charge < -0.3 is 4.89 Å². The molecular weight excluding hydrogens is 247 g/mol. The average molecular weight is 261 g/mol. The first kappa shape index (κ1) is 12.6. The smallest absolute Gasteiger partial charge is 0.302 e. The molecule has 6 heteroatoms. The van der Waals surface area contributed by atoms with Crippen LogP contribution in [0.25, 0.3) is 0 Å². The minimum absolute atomic E-state index is 0.171. The summed E-state index contributed by atoms with van der Waals surface area (Å²) in [5.41, 5.74) is 0. The van der Waals surface area contributed by atoms with Crippen molar-refractivity contribution in [1.82, 2.24) is 0 Å². The molecule has 0 aromatic heterocycles. The largest absolute Gasteiger partial charge is 0.472 e. The highest BCUT2D eigenvalue weighted by molar-refractivity contribution is 9.09. The average Bonchev–Trinajstić information content (AvgIpc) is 2.00. The van der Waals surface area contributed by atoms with Crippen molar-refractivity contribution in [3.8, 4) is 0 Å². The number of halogens is 1. The summed E-state index contributed by atoms with van der Waals surface area (Å²) in [6, 6.07) is 0. The number of phosphoric ester groups is 1. The maximum atomic E-state index is 11.0. The lowest BCUT2D eigenvalue weighted by Crippen LogP contribution is -2.06. The Bertz CT molecular complexity index is 164. The van der Waals surface area contributed by atoms with Gasteiger partial charge in [0, 0.05) is 5.33 Å². The second-order valence-electron chi connectivity index (χ2n) is 2.32. The third-order valence-electron chi connectivity index (χ3n) is 1.22. The minimum Gasteiger partial charge on any atom is -0.302 e. The highest BCUT2D eigenvalue weighted by Crippen LogP contribution is 2.44. The number of hydrogen-bond donors (Lipinski definition) is 1. The first-order valence-electron chi connectivity index (χ1n) is 3.73. The molecule has 0 rings (SSSR count). The van der Waals surface area contributed by atoms with Gasteiger partial charge in [0.2, 0.25) is 0 Å². The Morgan fingerprint density at radius 3 is 2.67 bits per heavy atom. The molecule has 74 valence electrons. The normalized spacial score (nSPS) is 18.7. The van der Waals surface area contributed by atoms with Crippen molar-refractivity contribution in [3.63, 3.8) is 0 Å². The molecular formula is C6H14BrO4P. The highest BCUT2D eigenvalue weighted by Gasteiger charge is 2.22. The topological polar surface area (TPSA) is 55.8 Å². The van der Waals surface area contributed by atoms with Crippen molar-refractivity contribution in [2.75, 3.05) is 11.9 Å². The third-order valence-corrected chi connectivity index (χ3v) is 2.68. The second kappa shape index (κ2) is 6.11. The maximum absolute atomic E-state index is 11.0. The van der Waals surface area contributed by atoms with E-state index in [2.05, 4.69) is 20.5 Å². The van der Waals surface area contributed by atoms with E-state index in [0.717, 1.165) is 0 Å². The number of alkyl halides is 1. The fourth-order valence-corrected chi connectivity index (χ4v) is 1.88. The van der Waals surface area contributed by atoms with Gasteiger partial charge in [0.25, 0.3) is 0 Å². The summed E-state index contributed by atoms with van der Waals surface area (Å²) < 4.78 is 20.4. The molecule has 2 unspecified atom stereocenters. The summed E-state index contributed by atoms with van der Waals surface area (Å²) in [6.07, 6.45) is 0.429. The van der Waals surface area contributed by atoms with E-state index in [1.54, 1.807) is 6.92 Å². The zero-order valence-electron chi connectivity index (χ0n) is 7.20. The summed E-state index contributed by atoms with van der Waals surface area (Å²) in [7, 11) is -3.81. The van der Waals surface area contributed by atoms with Gasteiger partial charge in [0.15, 0.2) is 0 Å². The SMILES string of the molecule is CCC(C)OP(=O)(O)OCCBr. The first-order valence-corrected chi connectivity index (χ1v) is 6.35. The number of rotatable bonds is 6. The van der Waals surface area contributed by atoms with E-state index in [9.17, 15) is 4.57 Å². The molecule has 0 spiro atoms. The lowest BCUT2D eigenvalue weighted by Gasteiger charge is -2.15. The van der Waals surface area contributed by atoms with Crippen molar-refractivity contribution in [2.45, 2.75) is 26.4 Å². The van der Waals surface area contributed by atoms with Gasteiger partial charge in [-0.25, -0.2) is 4.57 Å². The second-order valence-corrected chi connectivity index (χ2v) is 4.51. The molecule has 4 nitrogen and oxygen atoms in total. The predicted octanol–water partition coefficient (Wildman–Crippen LogP) is 2.31. The first-order chi connectivity index (χ1) is 5.52. The van der Waals surface area contributed by atoms with Gasteiger partial charge in [0.05, 0.1) is 12.7 Å². The molecule has 0 bridgehead atoms. The Labute approximate surface area is 81.0 Å². The lowest BCUT2D eigenvalue weighted by molar-refractivity contribution is 0.115. The summed E-state index contributed by atoms with van der Waals surface area (Å²) in [4.78, 5) is 9.04. The van der Waals surface area contributed by atoms with Gasteiger partial charge in [0.1, 0.15) is 0 Å². The van der Waals surface area contributed by atoms with Crippen LogP contribution < -0.4 is 0 Å². The molecule has 2 atom stereocenters. The molecule has 0 aliphatic carbocycles. The molecule has 12 heavy (non-hydrogen) atoms. The van der Waals surface area contributed by atoms with E-state index in [1.165, 1.54) is 0 Å². The summed E-state index contributed by atoms with van der Waals surface area (Å²) in [6.45, 7) is 3.76. The van der Waals surface area contributed by atoms with Crippen molar-refractivity contribution >= 4 is 23.8 Å². The molecule has 0 aromatic carbocycles. The van der Waals surface area contributed by atoms with E-state index in [4.69, 9.17) is 9.42 Å². The Morgan fingerprint density at radius 2 is 2.25 bits per heavy atom. The van der Waals surface area contributed by atoms with Crippen LogP contribution in [0.5, 0.6) is 0 Å². The predicted molar refractivity (Wildman–Crippen MR) is 50.4 cm³/mol. The lowest BCUT2D eigenvalue weighted by atomic mass is 10.3. The van der Waals surface area contributed by atoms with Crippen molar-refractivity contribution < 1.29 is 18.5 Å². The van der Waals surface area contributed by atoms with Crippen LogP contribution in [0, 0.1) is 0 Å².